The van der Waals surface area contributed by atoms with Gasteiger partial charge in [-0.1, -0.05) is 6.92 Å². The van der Waals surface area contributed by atoms with E-state index in [1.54, 1.807) is 6.92 Å². The molecule has 3 N–H and O–H groups in total. The Balaban J connectivity index is 3.74. The Morgan fingerprint density at radius 1 is 1.47 bits per heavy atom. The second-order valence-corrected chi connectivity index (χ2v) is 3.55. The summed E-state index contributed by atoms with van der Waals surface area (Å²) >= 11 is 0. The molecule has 0 aliphatic carbocycles. The predicted octanol–water partition coefficient (Wildman–Crippen LogP) is 0.910. The number of carbonyl (C=O) groups excluding carboxylic acids is 1. The molecule has 0 saturated carbocycles. The molecule has 0 heterocycles. The molecular weight excluding hydrogens is 198 g/mol. The molecule has 0 aromatic heterocycles. The average Bonchev–Trinajstić information content (AvgIpc) is 2.16. The van der Waals surface area contributed by atoms with Gasteiger partial charge in [0.25, 0.3) is 0 Å². The monoisotopic (exact) mass is 217 g/mol. The van der Waals surface area contributed by atoms with E-state index >= 15 is 0 Å². The summed E-state index contributed by atoms with van der Waals surface area (Å²) in [5, 5.41) is 8.39. The van der Waals surface area contributed by atoms with Crippen molar-refractivity contribution in [2.45, 2.75) is 51.7 Å². The van der Waals surface area contributed by atoms with Crippen molar-refractivity contribution in [3.8, 4) is 0 Å². The normalized spacial score (nSPS) is 14.3. The topological polar surface area (TPSA) is 89.6 Å². The van der Waals surface area contributed by atoms with Gasteiger partial charge in [0.05, 0.1) is 6.10 Å². The third-order valence-electron chi connectivity index (χ3n) is 2.10. The molecule has 0 fully saturated rings. The molecule has 0 saturated heterocycles. The smallest absolute Gasteiger partial charge is 0.323 e. The zero-order chi connectivity index (χ0) is 11.8. The summed E-state index contributed by atoms with van der Waals surface area (Å²) in [5.41, 5.74) is 5.54. The molecule has 88 valence electrons. The van der Waals surface area contributed by atoms with Crippen molar-refractivity contribution in [3.63, 3.8) is 0 Å². The van der Waals surface area contributed by atoms with Gasteiger partial charge in [-0.05, 0) is 26.2 Å². The van der Waals surface area contributed by atoms with Gasteiger partial charge in [0.1, 0.15) is 6.04 Å². The molecule has 0 aromatic rings. The van der Waals surface area contributed by atoms with Gasteiger partial charge in [-0.2, -0.15) is 0 Å². The number of carboxylic acid groups (broad SMARTS) is 1. The van der Waals surface area contributed by atoms with Crippen LogP contribution in [0, 0.1) is 0 Å². The van der Waals surface area contributed by atoms with E-state index in [2.05, 4.69) is 0 Å². The third kappa shape index (κ3) is 6.90. The van der Waals surface area contributed by atoms with E-state index in [-0.39, 0.29) is 12.5 Å². The summed E-state index contributed by atoms with van der Waals surface area (Å²) in [5.74, 6) is -1.33. The fourth-order valence-corrected chi connectivity index (χ4v) is 0.960. The van der Waals surface area contributed by atoms with Crippen molar-refractivity contribution in [2.24, 2.45) is 5.73 Å². The largest absolute Gasteiger partial charge is 0.481 e. The lowest BCUT2D eigenvalue weighted by atomic mass is 10.1. The molecule has 5 nitrogen and oxygen atoms in total. The highest BCUT2D eigenvalue weighted by molar-refractivity contribution is 5.75. The van der Waals surface area contributed by atoms with Gasteiger partial charge in [0.2, 0.25) is 0 Å². The lowest BCUT2D eigenvalue weighted by Gasteiger charge is -2.14. The molecular formula is C10H19NO4. The van der Waals surface area contributed by atoms with Crippen LogP contribution in [0.25, 0.3) is 0 Å². The molecule has 0 aliphatic heterocycles. The van der Waals surface area contributed by atoms with Crippen molar-refractivity contribution < 1.29 is 19.4 Å². The van der Waals surface area contributed by atoms with Crippen molar-refractivity contribution in [3.05, 3.63) is 0 Å². The summed E-state index contributed by atoms with van der Waals surface area (Å²) in [4.78, 5) is 21.5. The second kappa shape index (κ2) is 7.23. The van der Waals surface area contributed by atoms with Crippen LogP contribution in [-0.2, 0) is 14.3 Å². The van der Waals surface area contributed by atoms with Crippen molar-refractivity contribution in [1.82, 2.24) is 0 Å². The number of hydrogen-bond donors (Lipinski definition) is 2. The highest BCUT2D eigenvalue weighted by Gasteiger charge is 2.17. The number of hydrogen-bond acceptors (Lipinski definition) is 4. The van der Waals surface area contributed by atoms with Crippen molar-refractivity contribution in [2.75, 3.05) is 0 Å². The van der Waals surface area contributed by atoms with E-state index in [9.17, 15) is 9.59 Å². The standard InChI is InChI=1S/C10H19NO4/c1-3-7(2)15-10(14)8(11)5-4-6-9(12)13/h7-8H,3-6,11H2,1-2H3,(H,12,13). The molecule has 0 aliphatic rings. The van der Waals surface area contributed by atoms with E-state index in [1.807, 2.05) is 6.92 Å². The Kier molecular flexibility index (Phi) is 6.70. The molecule has 2 unspecified atom stereocenters. The van der Waals surface area contributed by atoms with Gasteiger partial charge in [0.15, 0.2) is 0 Å². The van der Waals surface area contributed by atoms with E-state index in [0.717, 1.165) is 6.42 Å². The third-order valence-corrected chi connectivity index (χ3v) is 2.10. The molecule has 2 atom stereocenters. The fourth-order valence-electron chi connectivity index (χ4n) is 0.960. The van der Waals surface area contributed by atoms with Crippen molar-refractivity contribution >= 4 is 11.9 Å². The Morgan fingerprint density at radius 3 is 2.53 bits per heavy atom. The molecule has 0 rings (SSSR count). The number of aliphatic carboxylic acids is 1. The first-order valence-electron chi connectivity index (χ1n) is 5.15. The maximum Gasteiger partial charge on any atom is 0.323 e. The van der Waals surface area contributed by atoms with Crippen LogP contribution in [0.2, 0.25) is 0 Å². The van der Waals surface area contributed by atoms with E-state index in [0.29, 0.717) is 12.8 Å². The van der Waals surface area contributed by atoms with Gasteiger partial charge >= 0.3 is 11.9 Å². The van der Waals surface area contributed by atoms with Crippen LogP contribution >= 0.6 is 0 Å². The van der Waals surface area contributed by atoms with Crippen LogP contribution in [0.3, 0.4) is 0 Å². The first-order valence-corrected chi connectivity index (χ1v) is 5.15. The van der Waals surface area contributed by atoms with Gasteiger partial charge in [-0.3, -0.25) is 9.59 Å². The zero-order valence-corrected chi connectivity index (χ0v) is 9.23. The Morgan fingerprint density at radius 2 is 2.07 bits per heavy atom. The molecule has 0 spiro atoms. The highest BCUT2D eigenvalue weighted by atomic mass is 16.5. The first-order chi connectivity index (χ1) is 6.97. The Bertz CT molecular complexity index is 217. The Hall–Kier alpha value is -1.10. The van der Waals surface area contributed by atoms with Crippen LogP contribution in [-0.4, -0.2) is 29.2 Å². The average molecular weight is 217 g/mol. The minimum absolute atomic E-state index is 0.0321. The van der Waals surface area contributed by atoms with Crippen molar-refractivity contribution in [1.29, 1.82) is 0 Å². The second-order valence-electron chi connectivity index (χ2n) is 3.55. The highest BCUT2D eigenvalue weighted by Crippen LogP contribution is 2.04. The predicted molar refractivity (Wildman–Crippen MR) is 55.3 cm³/mol. The number of ether oxygens (including phenoxy) is 1. The quantitative estimate of drug-likeness (QED) is 0.619. The van der Waals surface area contributed by atoms with Gasteiger partial charge < -0.3 is 15.6 Å². The SMILES string of the molecule is CCC(C)OC(=O)C(N)CCCC(=O)O. The molecule has 0 aromatic carbocycles. The molecule has 15 heavy (non-hydrogen) atoms. The summed E-state index contributed by atoms with van der Waals surface area (Å²) in [6.07, 6.45) is 1.38. The number of nitrogens with two attached hydrogens (primary N) is 1. The van der Waals surface area contributed by atoms with Gasteiger partial charge in [-0.15, -0.1) is 0 Å². The minimum Gasteiger partial charge on any atom is -0.481 e. The van der Waals surface area contributed by atoms with E-state index in [4.69, 9.17) is 15.6 Å². The van der Waals surface area contributed by atoms with E-state index < -0.39 is 18.0 Å². The number of esters is 1. The van der Waals surface area contributed by atoms with Crippen LogP contribution in [0.15, 0.2) is 0 Å². The number of carbonyl (C=O) groups is 2. The molecule has 0 radical (unpaired) electrons. The molecule has 0 bridgehead atoms. The molecule has 5 heteroatoms. The molecule has 0 amide bonds. The maximum absolute atomic E-state index is 11.3. The lowest BCUT2D eigenvalue weighted by molar-refractivity contribution is -0.150. The van der Waals surface area contributed by atoms with Crippen LogP contribution < -0.4 is 5.73 Å². The Labute approximate surface area is 89.6 Å². The van der Waals surface area contributed by atoms with Crippen LogP contribution in [0.1, 0.15) is 39.5 Å². The summed E-state index contributed by atoms with van der Waals surface area (Å²) in [6, 6.07) is -0.710. The van der Waals surface area contributed by atoms with Gasteiger partial charge in [-0.25, -0.2) is 0 Å². The maximum atomic E-state index is 11.3. The number of carboxylic acids is 1. The number of rotatable bonds is 7. The fraction of sp³-hybridized carbons (Fsp3) is 0.800. The van der Waals surface area contributed by atoms with Crippen LogP contribution in [0.4, 0.5) is 0 Å². The minimum atomic E-state index is -0.877. The van der Waals surface area contributed by atoms with Gasteiger partial charge in [0, 0.05) is 6.42 Å². The first kappa shape index (κ1) is 13.9. The van der Waals surface area contributed by atoms with E-state index in [1.165, 1.54) is 0 Å². The summed E-state index contributed by atoms with van der Waals surface area (Å²) < 4.78 is 5.01. The summed E-state index contributed by atoms with van der Waals surface area (Å²) in [6.45, 7) is 3.70. The lowest BCUT2D eigenvalue weighted by Crippen LogP contribution is -2.34. The summed E-state index contributed by atoms with van der Waals surface area (Å²) in [7, 11) is 0. The van der Waals surface area contributed by atoms with Crippen LogP contribution in [0.5, 0.6) is 0 Å². The zero-order valence-electron chi connectivity index (χ0n) is 9.23.